The van der Waals surface area contributed by atoms with Crippen LogP contribution in [0.3, 0.4) is 0 Å². The Kier molecular flexibility index (Phi) is 5.61. The van der Waals surface area contributed by atoms with Gasteiger partial charge < -0.3 is 20.4 Å². The molecule has 1 unspecified atom stereocenters. The van der Waals surface area contributed by atoms with Gasteiger partial charge in [0.05, 0.1) is 18.6 Å². The molecule has 1 aromatic carbocycles. The third-order valence-electron chi connectivity index (χ3n) is 5.20. The molecular weight excluding hydrogens is 330 g/mol. The maximum atomic E-state index is 12.8. The van der Waals surface area contributed by atoms with E-state index in [1.165, 1.54) is 11.1 Å². The van der Waals surface area contributed by atoms with Gasteiger partial charge in [-0.15, -0.1) is 0 Å². The first kappa shape index (κ1) is 18.5. The quantitative estimate of drug-likeness (QED) is 0.855. The summed E-state index contributed by atoms with van der Waals surface area (Å²) in [6.45, 7) is 6.18. The van der Waals surface area contributed by atoms with Crippen molar-refractivity contribution in [2.24, 2.45) is 11.7 Å². The Balaban J connectivity index is 1.68. The molecule has 2 amide bonds. The van der Waals surface area contributed by atoms with E-state index >= 15 is 0 Å². The van der Waals surface area contributed by atoms with E-state index in [4.69, 9.17) is 10.2 Å². The zero-order valence-corrected chi connectivity index (χ0v) is 15.5. The lowest BCUT2D eigenvalue weighted by atomic mass is 9.96. The molecule has 1 aliphatic rings. The van der Waals surface area contributed by atoms with Crippen LogP contribution in [0.5, 0.6) is 0 Å². The fourth-order valence-electron chi connectivity index (χ4n) is 3.51. The molecule has 6 heteroatoms. The van der Waals surface area contributed by atoms with Crippen LogP contribution >= 0.6 is 0 Å². The number of aryl methyl sites for hydroxylation is 2. The molecule has 0 radical (unpaired) electrons. The van der Waals surface area contributed by atoms with Crippen molar-refractivity contribution in [2.75, 3.05) is 26.2 Å². The van der Waals surface area contributed by atoms with Crippen LogP contribution < -0.4 is 11.1 Å². The van der Waals surface area contributed by atoms with Crippen LogP contribution in [0, 0.1) is 19.8 Å². The van der Waals surface area contributed by atoms with E-state index in [1.54, 1.807) is 11.2 Å². The summed E-state index contributed by atoms with van der Waals surface area (Å²) in [5.41, 5.74) is 9.51. The molecule has 1 aliphatic heterocycles. The Morgan fingerprint density at radius 1 is 1.31 bits per heavy atom. The van der Waals surface area contributed by atoms with Gasteiger partial charge in [-0.2, -0.15) is 0 Å². The zero-order valence-electron chi connectivity index (χ0n) is 15.5. The number of nitrogens with two attached hydrogens (primary N) is 1. The van der Waals surface area contributed by atoms with Crippen LogP contribution in [-0.2, 0) is 16.0 Å². The second-order valence-electron chi connectivity index (χ2n) is 7.13. The van der Waals surface area contributed by atoms with Crippen LogP contribution in [0.15, 0.2) is 22.8 Å². The SMILES string of the molecule is Cc1cc2occ(CC(=O)N3CCCC(C(=O)NCCN)C3)c2cc1C. The predicted octanol–water partition coefficient (Wildman–Crippen LogP) is 1.91. The van der Waals surface area contributed by atoms with Gasteiger partial charge in [-0.3, -0.25) is 9.59 Å². The molecule has 0 spiro atoms. The Labute approximate surface area is 153 Å². The molecule has 3 rings (SSSR count). The number of nitrogens with one attached hydrogen (secondary N) is 1. The van der Waals surface area contributed by atoms with Crippen molar-refractivity contribution >= 4 is 22.8 Å². The highest BCUT2D eigenvalue weighted by Gasteiger charge is 2.28. The fourth-order valence-corrected chi connectivity index (χ4v) is 3.51. The van der Waals surface area contributed by atoms with Crippen molar-refractivity contribution in [2.45, 2.75) is 33.1 Å². The summed E-state index contributed by atoms with van der Waals surface area (Å²) < 4.78 is 5.63. The van der Waals surface area contributed by atoms with Crippen molar-refractivity contribution < 1.29 is 14.0 Å². The number of hydrogen-bond acceptors (Lipinski definition) is 4. The Morgan fingerprint density at radius 2 is 2.08 bits per heavy atom. The van der Waals surface area contributed by atoms with Crippen molar-refractivity contribution in [1.29, 1.82) is 0 Å². The molecule has 6 nitrogen and oxygen atoms in total. The average Bonchev–Trinajstić information content (AvgIpc) is 3.01. The molecule has 140 valence electrons. The normalized spacial score (nSPS) is 17.5. The second-order valence-corrected chi connectivity index (χ2v) is 7.13. The summed E-state index contributed by atoms with van der Waals surface area (Å²) in [4.78, 5) is 26.7. The summed E-state index contributed by atoms with van der Waals surface area (Å²) in [5, 5.41) is 3.82. The lowest BCUT2D eigenvalue weighted by molar-refractivity contribution is -0.135. The highest BCUT2D eigenvalue weighted by molar-refractivity contribution is 5.89. The second kappa shape index (κ2) is 7.91. The zero-order chi connectivity index (χ0) is 18.7. The van der Waals surface area contributed by atoms with Gasteiger partial charge in [0, 0.05) is 37.1 Å². The molecule has 0 aliphatic carbocycles. The van der Waals surface area contributed by atoms with Crippen molar-refractivity contribution in [1.82, 2.24) is 10.2 Å². The number of likely N-dealkylation sites (tertiary alicyclic amines) is 1. The fraction of sp³-hybridized carbons (Fsp3) is 0.500. The minimum Gasteiger partial charge on any atom is -0.464 e. The Bertz CT molecular complexity index is 812. The Hall–Kier alpha value is -2.34. The minimum absolute atomic E-state index is 0.00666. The number of carbonyl (C=O) groups excluding carboxylic acids is 2. The van der Waals surface area contributed by atoms with E-state index in [0.29, 0.717) is 32.6 Å². The lowest BCUT2D eigenvalue weighted by Gasteiger charge is -2.32. The van der Waals surface area contributed by atoms with E-state index in [-0.39, 0.29) is 17.7 Å². The van der Waals surface area contributed by atoms with Gasteiger partial charge >= 0.3 is 0 Å². The summed E-state index contributed by atoms with van der Waals surface area (Å²) in [6, 6.07) is 4.09. The van der Waals surface area contributed by atoms with E-state index < -0.39 is 0 Å². The third kappa shape index (κ3) is 3.90. The van der Waals surface area contributed by atoms with Gasteiger partial charge in [-0.05, 0) is 49.9 Å². The molecule has 1 fully saturated rings. The third-order valence-corrected chi connectivity index (χ3v) is 5.20. The predicted molar refractivity (Wildman–Crippen MR) is 101 cm³/mol. The van der Waals surface area contributed by atoms with E-state index in [1.807, 2.05) is 13.0 Å². The maximum Gasteiger partial charge on any atom is 0.227 e. The topological polar surface area (TPSA) is 88.6 Å². The number of amides is 2. The van der Waals surface area contributed by atoms with Crippen LogP contribution in [0.4, 0.5) is 0 Å². The van der Waals surface area contributed by atoms with E-state index in [9.17, 15) is 9.59 Å². The van der Waals surface area contributed by atoms with Gasteiger partial charge in [0.15, 0.2) is 0 Å². The Morgan fingerprint density at radius 3 is 2.85 bits per heavy atom. The first-order chi connectivity index (χ1) is 12.5. The monoisotopic (exact) mass is 357 g/mol. The van der Waals surface area contributed by atoms with Crippen LogP contribution in [0.25, 0.3) is 11.0 Å². The number of piperidine rings is 1. The van der Waals surface area contributed by atoms with Gasteiger partial charge in [-0.25, -0.2) is 0 Å². The summed E-state index contributed by atoms with van der Waals surface area (Å²) in [7, 11) is 0. The summed E-state index contributed by atoms with van der Waals surface area (Å²) in [5.74, 6) is -0.111. The summed E-state index contributed by atoms with van der Waals surface area (Å²) >= 11 is 0. The van der Waals surface area contributed by atoms with Gasteiger partial charge in [-0.1, -0.05) is 0 Å². The minimum atomic E-state index is -0.148. The lowest BCUT2D eigenvalue weighted by Crippen LogP contribution is -2.46. The van der Waals surface area contributed by atoms with Crippen LogP contribution in [-0.4, -0.2) is 42.9 Å². The maximum absolute atomic E-state index is 12.8. The van der Waals surface area contributed by atoms with Gasteiger partial charge in [0.2, 0.25) is 11.8 Å². The molecule has 1 saturated heterocycles. The smallest absolute Gasteiger partial charge is 0.227 e. The first-order valence-electron chi connectivity index (χ1n) is 9.22. The van der Waals surface area contributed by atoms with Crippen LogP contribution in [0.1, 0.15) is 29.5 Å². The highest BCUT2D eigenvalue weighted by Crippen LogP contribution is 2.26. The number of furan rings is 1. The van der Waals surface area contributed by atoms with Crippen molar-refractivity contribution in [3.63, 3.8) is 0 Å². The number of fused-ring (bicyclic) bond motifs is 1. The summed E-state index contributed by atoms with van der Waals surface area (Å²) in [6.07, 6.45) is 3.63. The number of nitrogens with zero attached hydrogens (tertiary/aromatic N) is 1. The number of carbonyl (C=O) groups is 2. The molecule has 0 saturated carbocycles. The average molecular weight is 357 g/mol. The molecule has 2 heterocycles. The molecule has 2 aromatic rings. The number of hydrogen-bond donors (Lipinski definition) is 2. The molecule has 0 bridgehead atoms. The largest absolute Gasteiger partial charge is 0.464 e. The van der Waals surface area contributed by atoms with Crippen molar-refractivity contribution in [3.05, 3.63) is 35.1 Å². The first-order valence-corrected chi connectivity index (χ1v) is 9.22. The molecular formula is C20H27N3O3. The van der Waals surface area contributed by atoms with E-state index in [0.717, 1.165) is 29.4 Å². The molecule has 1 aromatic heterocycles. The molecule has 26 heavy (non-hydrogen) atoms. The number of benzene rings is 1. The molecule has 3 N–H and O–H groups in total. The van der Waals surface area contributed by atoms with Gasteiger partial charge in [0.1, 0.15) is 5.58 Å². The number of rotatable bonds is 5. The van der Waals surface area contributed by atoms with Crippen LogP contribution in [0.2, 0.25) is 0 Å². The molecule has 1 atom stereocenters. The van der Waals surface area contributed by atoms with E-state index in [2.05, 4.69) is 18.3 Å². The van der Waals surface area contributed by atoms with Crippen molar-refractivity contribution in [3.8, 4) is 0 Å². The standard InChI is InChI=1S/C20H27N3O3/c1-13-8-17-16(12-26-18(17)9-14(13)2)10-19(24)23-7-3-4-15(11-23)20(25)22-6-5-21/h8-9,12,15H,3-7,10-11,21H2,1-2H3,(H,22,25). The highest BCUT2D eigenvalue weighted by atomic mass is 16.3. The van der Waals surface area contributed by atoms with Gasteiger partial charge in [0.25, 0.3) is 0 Å².